The zero-order chi connectivity index (χ0) is 20.1. The summed E-state index contributed by atoms with van der Waals surface area (Å²) < 4.78 is 44.6. The third-order valence-electron chi connectivity index (χ3n) is 4.13. The molecule has 0 unspecified atom stereocenters. The fourth-order valence-electron chi connectivity index (χ4n) is 2.89. The zero-order valence-corrected chi connectivity index (χ0v) is 16.7. The number of halogens is 2. The minimum absolute atomic E-state index is 0.00916. The van der Waals surface area contributed by atoms with Gasteiger partial charge in [0.2, 0.25) is 0 Å². The number of nitrogens with one attached hydrogen (secondary N) is 1. The number of benzene rings is 1. The lowest BCUT2D eigenvalue weighted by Crippen LogP contribution is -2.12. The average molecular weight is 438 g/mol. The quantitative estimate of drug-likeness (QED) is 0.504. The highest BCUT2D eigenvalue weighted by Gasteiger charge is 2.22. The molecule has 4 aromatic rings. The first kappa shape index (κ1) is 18.7. The van der Waals surface area contributed by atoms with Gasteiger partial charge < -0.3 is 10.3 Å². The highest BCUT2D eigenvalue weighted by Crippen LogP contribution is 2.36. The minimum Gasteiger partial charge on any atom is -0.383 e. The van der Waals surface area contributed by atoms with Gasteiger partial charge in [-0.15, -0.1) is 11.3 Å². The summed E-state index contributed by atoms with van der Waals surface area (Å²) in [5.41, 5.74) is 6.97. The molecule has 11 heteroatoms. The molecule has 0 aliphatic carbocycles. The van der Waals surface area contributed by atoms with Crippen LogP contribution >= 0.6 is 22.9 Å². The third-order valence-corrected chi connectivity index (χ3v) is 7.22. The summed E-state index contributed by atoms with van der Waals surface area (Å²) in [4.78, 5) is 8.14. The van der Waals surface area contributed by atoms with Gasteiger partial charge in [0, 0.05) is 24.4 Å². The predicted molar refractivity (Wildman–Crippen MR) is 108 cm³/mol. The number of rotatable bonds is 4. The Kier molecular flexibility index (Phi) is 4.48. The Morgan fingerprint density at radius 2 is 2.00 bits per heavy atom. The van der Waals surface area contributed by atoms with Gasteiger partial charge in [0.25, 0.3) is 10.0 Å². The van der Waals surface area contributed by atoms with Gasteiger partial charge >= 0.3 is 0 Å². The van der Waals surface area contributed by atoms with Crippen LogP contribution < -0.4 is 10.5 Å². The molecular weight excluding hydrogens is 425 g/mol. The number of sulfonamides is 1. The summed E-state index contributed by atoms with van der Waals surface area (Å²) in [7, 11) is -2.22. The van der Waals surface area contributed by atoms with Gasteiger partial charge in [-0.25, -0.2) is 22.8 Å². The first-order chi connectivity index (χ1) is 13.3. The molecule has 3 N–H and O–H groups in total. The minimum atomic E-state index is -3.97. The number of anilines is 2. The number of thiophene rings is 1. The van der Waals surface area contributed by atoms with Crippen molar-refractivity contribution in [3.63, 3.8) is 0 Å². The molecule has 1 aromatic carbocycles. The van der Waals surface area contributed by atoms with Crippen LogP contribution in [0.3, 0.4) is 0 Å². The number of nitrogens with two attached hydrogens (primary N) is 1. The Morgan fingerprint density at radius 1 is 1.21 bits per heavy atom. The molecular formula is C17H13ClFN5O2S2. The molecule has 0 amide bonds. The molecule has 0 saturated heterocycles. The lowest BCUT2D eigenvalue weighted by Gasteiger charge is -2.10. The SMILES string of the molecule is Cn1cc(-c2cccc(NS(=O)(=O)c3ccc(Cl)s3)c2F)c2c(N)ncnc21. The van der Waals surface area contributed by atoms with Crippen LogP contribution in [0.1, 0.15) is 0 Å². The van der Waals surface area contributed by atoms with Crippen molar-refractivity contribution >= 4 is 55.5 Å². The van der Waals surface area contributed by atoms with Gasteiger partial charge in [-0.1, -0.05) is 23.7 Å². The zero-order valence-electron chi connectivity index (χ0n) is 14.3. The number of nitrogens with zero attached hydrogens (tertiary/aromatic N) is 3. The van der Waals surface area contributed by atoms with E-state index in [0.29, 0.717) is 20.9 Å². The maximum absolute atomic E-state index is 15.2. The smallest absolute Gasteiger partial charge is 0.271 e. The van der Waals surface area contributed by atoms with Gasteiger partial charge in [0.15, 0.2) is 5.82 Å². The van der Waals surface area contributed by atoms with Crippen molar-refractivity contribution in [3.05, 3.63) is 53.0 Å². The van der Waals surface area contributed by atoms with Gasteiger partial charge in [-0.2, -0.15) is 0 Å². The second-order valence-corrected chi connectivity index (χ2v) is 9.57. The summed E-state index contributed by atoms with van der Waals surface area (Å²) >= 11 is 6.69. The second kappa shape index (κ2) is 6.73. The Labute approximate surface area is 168 Å². The Balaban J connectivity index is 1.83. The highest BCUT2D eigenvalue weighted by molar-refractivity contribution is 7.94. The largest absolute Gasteiger partial charge is 0.383 e. The maximum atomic E-state index is 15.2. The standard InChI is InChI=1S/C17H13ClFN5O2S2/c1-24-7-10(14-16(20)21-8-22-17(14)24)9-3-2-4-11(15(9)19)23-28(25,26)13-6-5-12(18)27-13/h2-8,23H,1H3,(H2,20,21,22). The molecule has 0 radical (unpaired) electrons. The van der Waals surface area contributed by atoms with Crippen LogP contribution in [0.25, 0.3) is 22.2 Å². The summed E-state index contributed by atoms with van der Waals surface area (Å²) in [6.07, 6.45) is 3.00. The third kappa shape index (κ3) is 3.09. The van der Waals surface area contributed by atoms with Gasteiger partial charge in [-0.05, 0) is 18.2 Å². The molecule has 0 saturated carbocycles. The molecule has 3 heterocycles. The van der Waals surface area contributed by atoms with E-state index in [1.54, 1.807) is 23.9 Å². The number of aromatic nitrogens is 3. The molecule has 7 nitrogen and oxygen atoms in total. The van der Waals surface area contributed by atoms with Crippen molar-refractivity contribution in [3.8, 4) is 11.1 Å². The van der Waals surface area contributed by atoms with E-state index in [2.05, 4.69) is 14.7 Å². The van der Waals surface area contributed by atoms with Crippen LogP contribution in [0.5, 0.6) is 0 Å². The van der Waals surface area contributed by atoms with Crippen LogP contribution in [0, 0.1) is 5.82 Å². The van der Waals surface area contributed by atoms with Crippen molar-refractivity contribution < 1.29 is 12.8 Å². The molecule has 4 rings (SSSR count). The van der Waals surface area contributed by atoms with E-state index in [-0.39, 0.29) is 21.3 Å². The monoisotopic (exact) mass is 437 g/mol. The average Bonchev–Trinajstić information content (AvgIpc) is 3.22. The van der Waals surface area contributed by atoms with E-state index in [9.17, 15) is 8.42 Å². The Bertz CT molecular complexity index is 1320. The van der Waals surface area contributed by atoms with Crippen molar-refractivity contribution in [1.29, 1.82) is 0 Å². The van der Waals surface area contributed by atoms with Crippen LogP contribution in [0.15, 0.2) is 47.1 Å². The summed E-state index contributed by atoms with van der Waals surface area (Å²) in [6.45, 7) is 0. The molecule has 0 bridgehead atoms. The van der Waals surface area contributed by atoms with E-state index >= 15 is 4.39 Å². The Morgan fingerprint density at radius 3 is 2.71 bits per heavy atom. The van der Waals surface area contributed by atoms with E-state index in [0.717, 1.165) is 11.3 Å². The molecule has 0 aliphatic heterocycles. The van der Waals surface area contributed by atoms with Crippen molar-refractivity contribution in [2.24, 2.45) is 7.05 Å². The number of nitrogen functional groups attached to an aromatic ring is 1. The Hall–Kier alpha value is -2.69. The molecule has 0 spiro atoms. The number of fused-ring (bicyclic) bond motifs is 1. The number of aryl methyl sites for hydroxylation is 1. The predicted octanol–water partition coefficient (Wildman–Crippen LogP) is 3.87. The normalized spacial score (nSPS) is 11.8. The maximum Gasteiger partial charge on any atom is 0.271 e. The fourth-order valence-corrected chi connectivity index (χ4v) is 5.44. The van der Waals surface area contributed by atoms with Crippen LogP contribution in [0.2, 0.25) is 4.34 Å². The first-order valence-electron chi connectivity index (χ1n) is 7.90. The molecule has 28 heavy (non-hydrogen) atoms. The first-order valence-corrected chi connectivity index (χ1v) is 10.6. The molecule has 0 atom stereocenters. The summed E-state index contributed by atoms with van der Waals surface area (Å²) in [6, 6.07) is 7.26. The van der Waals surface area contributed by atoms with Gasteiger partial charge in [0.05, 0.1) is 15.4 Å². The van der Waals surface area contributed by atoms with E-state index in [1.807, 2.05) is 0 Å². The molecule has 0 aliphatic rings. The lowest BCUT2D eigenvalue weighted by atomic mass is 10.0. The van der Waals surface area contributed by atoms with E-state index in [4.69, 9.17) is 17.3 Å². The van der Waals surface area contributed by atoms with Crippen LogP contribution in [-0.4, -0.2) is 23.0 Å². The van der Waals surface area contributed by atoms with Crippen LogP contribution in [0.4, 0.5) is 15.9 Å². The second-order valence-electron chi connectivity index (χ2n) is 5.94. The number of hydrogen-bond acceptors (Lipinski definition) is 6. The molecule has 144 valence electrons. The number of hydrogen-bond donors (Lipinski definition) is 2. The fraction of sp³-hybridized carbons (Fsp3) is 0.0588. The van der Waals surface area contributed by atoms with E-state index in [1.165, 1.54) is 30.6 Å². The molecule has 3 aromatic heterocycles. The van der Waals surface area contributed by atoms with Gasteiger partial charge in [0.1, 0.15) is 22.0 Å². The van der Waals surface area contributed by atoms with Gasteiger partial charge in [-0.3, -0.25) is 4.72 Å². The van der Waals surface area contributed by atoms with Crippen molar-refractivity contribution in [1.82, 2.24) is 14.5 Å². The highest BCUT2D eigenvalue weighted by atomic mass is 35.5. The van der Waals surface area contributed by atoms with E-state index < -0.39 is 15.8 Å². The van der Waals surface area contributed by atoms with Crippen molar-refractivity contribution in [2.75, 3.05) is 10.5 Å². The summed E-state index contributed by atoms with van der Waals surface area (Å²) in [5, 5.41) is 0.494. The lowest BCUT2D eigenvalue weighted by molar-refractivity contribution is 0.600. The van der Waals surface area contributed by atoms with Crippen LogP contribution in [-0.2, 0) is 17.1 Å². The van der Waals surface area contributed by atoms with Crippen molar-refractivity contribution in [2.45, 2.75) is 4.21 Å². The molecule has 0 fully saturated rings. The summed E-state index contributed by atoms with van der Waals surface area (Å²) in [5.74, 6) is -0.524. The topological polar surface area (TPSA) is 103 Å².